The molecular weight excluding hydrogens is 488 g/mol. The van der Waals surface area contributed by atoms with Crippen LogP contribution in [0.3, 0.4) is 0 Å². The van der Waals surface area contributed by atoms with E-state index in [0.29, 0.717) is 17.9 Å². The van der Waals surface area contributed by atoms with E-state index in [0.717, 1.165) is 0 Å². The van der Waals surface area contributed by atoms with Gasteiger partial charge in [-0.2, -0.15) is 13.2 Å². The Morgan fingerprint density at radius 1 is 1.46 bits per heavy atom. The number of alkyl halides is 3. The van der Waals surface area contributed by atoms with Crippen LogP contribution < -0.4 is 15.4 Å². The highest BCUT2D eigenvalue weighted by atomic mass is 127. The van der Waals surface area contributed by atoms with Crippen molar-refractivity contribution in [2.24, 2.45) is 4.99 Å². The minimum absolute atomic E-state index is 0. The molecule has 12 heteroatoms. The number of hydrogen-bond acceptors (Lipinski definition) is 5. The van der Waals surface area contributed by atoms with Crippen LogP contribution in [0.1, 0.15) is 12.0 Å². The van der Waals surface area contributed by atoms with E-state index in [-0.39, 0.29) is 53.9 Å². The lowest BCUT2D eigenvalue weighted by Crippen LogP contribution is -2.43. The molecular formula is C14H20F3IN4O3S. The van der Waals surface area contributed by atoms with Crippen LogP contribution in [0, 0.1) is 0 Å². The van der Waals surface area contributed by atoms with Crippen molar-refractivity contribution in [3.8, 4) is 5.88 Å². The van der Waals surface area contributed by atoms with E-state index in [2.05, 4.69) is 20.6 Å². The van der Waals surface area contributed by atoms with Gasteiger partial charge < -0.3 is 15.4 Å². The maximum absolute atomic E-state index is 12.3. The Balaban J connectivity index is 0.00000338. The van der Waals surface area contributed by atoms with E-state index in [1.165, 1.54) is 13.2 Å². The molecule has 148 valence electrons. The largest absolute Gasteiger partial charge is 0.468 e. The molecule has 26 heavy (non-hydrogen) atoms. The molecule has 2 rings (SSSR count). The Labute approximate surface area is 166 Å². The Bertz CT molecular complexity index is 728. The van der Waals surface area contributed by atoms with Crippen LogP contribution in [0.4, 0.5) is 13.2 Å². The normalized spacial score (nSPS) is 19.5. The smallest absolute Gasteiger partial charge is 0.422 e. The number of nitrogens with one attached hydrogen (secondary N) is 2. The van der Waals surface area contributed by atoms with Gasteiger partial charge in [-0.05, 0) is 12.5 Å². The fourth-order valence-electron chi connectivity index (χ4n) is 2.31. The van der Waals surface area contributed by atoms with E-state index >= 15 is 0 Å². The highest BCUT2D eigenvalue weighted by molar-refractivity contribution is 14.0. The van der Waals surface area contributed by atoms with Gasteiger partial charge in [-0.3, -0.25) is 4.99 Å². The van der Waals surface area contributed by atoms with Crippen molar-refractivity contribution in [3.05, 3.63) is 23.9 Å². The molecule has 0 aromatic carbocycles. The van der Waals surface area contributed by atoms with Crippen LogP contribution in [-0.4, -0.2) is 56.7 Å². The SMILES string of the molecule is CN=C(NCc1cccnc1OCC(F)(F)F)NC1CCS(=O)(=O)C1.I. The predicted molar refractivity (Wildman–Crippen MR) is 102 cm³/mol. The monoisotopic (exact) mass is 508 g/mol. The molecule has 1 fully saturated rings. The minimum Gasteiger partial charge on any atom is -0.468 e. The first-order valence-electron chi connectivity index (χ1n) is 7.49. The summed E-state index contributed by atoms with van der Waals surface area (Å²) in [7, 11) is -1.51. The molecule has 1 aliphatic rings. The molecule has 1 aromatic heterocycles. The highest BCUT2D eigenvalue weighted by Crippen LogP contribution is 2.19. The van der Waals surface area contributed by atoms with E-state index < -0.39 is 22.6 Å². The number of nitrogens with zero attached hydrogens (tertiary/aromatic N) is 2. The van der Waals surface area contributed by atoms with Crippen LogP contribution in [0.2, 0.25) is 0 Å². The summed E-state index contributed by atoms with van der Waals surface area (Å²) < 4.78 is 64.5. The highest BCUT2D eigenvalue weighted by Gasteiger charge is 2.29. The van der Waals surface area contributed by atoms with Crippen molar-refractivity contribution in [1.82, 2.24) is 15.6 Å². The first-order chi connectivity index (χ1) is 11.7. The minimum atomic E-state index is -4.45. The molecule has 0 saturated carbocycles. The van der Waals surface area contributed by atoms with Crippen molar-refractivity contribution in [1.29, 1.82) is 0 Å². The average Bonchev–Trinajstić information content (AvgIpc) is 2.88. The summed E-state index contributed by atoms with van der Waals surface area (Å²) in [4.78, 5) is 7.79. The van der Waals surface area contributed by atoms with Crippen molar-refractivity contribution in [3.63, 3.8) is 0 Å². The molecule has 1 aromatic rings. The number of aliphatic imine (C=N–C) groups is 1. The molecule has 0 aliphatic carbocycles. The molecule has 0 spiro atoms. The molecule has 1 aliphatic heterocycles. The van der Waals surface area contributed by atoms with E-state index in [9.17, 15) is 21.6 Å². The van der Waals surface area contributed by atoms with Gasteiger partial charge in [-0.15, -0.1) is 24.0 Å². The number of pyridine rings is 1. The van der Waals surface area contributed by atoms with E-state index in [1.807, 2.05) is 0 Å². The molecule has 0 bridgehead atoms. The van der Waals surface area contributed by atoms with Gasteiger partial charge in [0.25, 0.3) is 0 Å². The van der Waals surface area contributed by atoms with Crippen molar-refractivity contribution >= 4 is 39.8 Å². The van der Waals surface area contributed by atoms with Crippen LogP contribution in [0.15, 0.2) is 23.3 Å². The second kappa shape index (κ2) is 9.58. The second-order valence-corrected chi connectivity index (χ2v) is 7.77. The number of guanidine groups is 1. The third-order valence-corrected chi connectivity index (χ3v) is 5.23. The maximum Gasteiger partial charge on any atom is 0.422 e. The predicted octanol–water partition coefficient (Wildman–Crippen LogP) is 1.49. The number of rotatable bonds is 5. The molecule has 0 radical (unpaired) electrons. The third kappa shape index (κ3) is 7.51. The van der Waals surface area contributed by atoms with Gasteiger partial charge in [0.1, 0.15) is 0 Å². The van der Waals surface area contributed by atoms with Crippen molar-refractivity contribution in [2.45, 2.75) is 25.2 Å². The Hall–Kier alpha value is -1.31. The first-order valence-corrected chi connectivity index (χ1v) is 9.32. The van der Waals surface area contributed by atoms with Crippen molar-refractivity contribution in [2.75, 3.05) is 25.2 Å². The van der Waals surface area contributed by atoms with Crippen LogP contribution in [-0.2, 0) is 16.4 Å². The first kappa shape index (κ1) is 22.7. The third-order valence-electron chi connectivity index (χ3n) is 3.47. The zero-order valence-electron chi connectivity index (χ0n) is 13.9. The number of halogens is 4. The van der Waals surface area contributed by atoms with Gasteiger partial charge in [0.15, 0.2) is 22.4 Å². The zero-order valence-corrected chi connectivity index (χ0v) is 17.1. The Morgan fingerprint density at radius 2 is 2.19 bits per heavy atom. The van der Waals surface area contributed by atoms with Crippen LogP contribution in [0.25, 0.3) is 0 Å². The summed E-state index contributed by atoms with van der Waals surface area (Å²) in [6.45, 7) is -1.30. The van der Waals surface area contributed by atoms with Gasteiger partial charge in [0, 0.05) is 31.4 Å². The molecule has 2 N–H and O–H groups in total. The van der Waals surface area contributed by atoms with Crippen molar-refractivity contribution < 1.29 is 26.3 Å². The van der Waals surface area contributed by atoms with Gasteiger partial charge in [0.2, 0.25) is 5.88 Å². The fraction of sp³-hybridized carbons (Fsp3) is 0.571. The van der Waals surface area contributed by atoms with E-state index in [1.54, 1.807) is 12.1 Å². The summed E-state index contributed by atoms with van der Waals surface area (Å²) in [5.41, 5.74) is 0.425. The number of ether oxygens (including phenoxy) is 1. The summed E-state index contributed by atoms with van der Waals surface area (Å²) in [6, 6.07) is 2.92. The summed E-state index contributed by atoms with van der Waals surface area (Å²) >= 11 is 0. The number of aromatic nitrogens is 1. The lowest BCUT2D eigenvalue weighted by atomic mass is 10.2. The number of hydrogen-bond donors (Lipinski definition) is 2. The molecule has 1 saturated heterocycles. The fourth-order valence-corrected chi connectivity index (χ4v) is 3.99. The lowest BCUT2D eigenvalue weighted by molar-refractivity contribution is -0.154. The Morgan fingerprint density at radius 3 is 2.77 bits per heavy atom. The van der Waals surface area contributed by atoms with Gasteiger partial charge in [-0.25, -0.2) is 13.4 Å². The van der Waals surface area contributed by atoms with Gasteiger partial charge >= 0.3 is 6.18 Å². The lowest BCUT2D eigenvalue weighted by Gasteiger charge is -2.17. The average molecular weight is 508 g/mol. The van der Waals surface area contributed by atoms with Gasteiger partial charge in [0.05, 0.1) is 11.5 Å². The van der Waals surface area contributed by atoms with Gasteiger partial charge in [-0.1, -0.05) is 6.07 Å². The summed E-state index contributed by atoms with van der Waals surface area (Å²) in [5, 5.41) is 5.91. The summed E-state index contributed by atoms with van der Waals surface area (Å²) in [6.07, 6.45) is -2.63. The quantitative estimate of drug-likeness (QED) is 0.356. The second-order valence-electron chi connectivity index (χ2n) is 5.54. The molecule has 2 heterocycles. The molecule has 0 amide bonds. The molecule has 7 nitrogen and oxygen atoms in total. The van der Waals surface area contributed by atoms with Crippen LogP contribution in [0.5, 0.6) is 5.88 Å². The number of sulfone groups is 1. The van der Waals surface area contributed by atoms with E-state index in [4.69, 9.17) is 4.74 Å². The maximum atomic E-state index is 12.3. The standard InChI is InChI=1S/C14H19F3N4O3S.HI/c1-18-13(21-11-4-6-25(22,23)8-11)20-7-10-3-2-5-19-12(10)24-9-14(15,16)17;/h2-3,5,11H,4,6-9H2,1H3,(H2,18,20,21);1H. The molecule has 1 atom stereocenters. The molecule has 1 unspecified atom stereocenters. The Kier molecular flexibility index (Phi) is 8.37. The zero-order chi connectivity index (χ0) is 18.5. The van der Waals surface area contributed by atoms with Crippen LogP contribution >= 0.6 is 24.0 Å². The summed E-state index contributed by atoms with van der Waals surface area (Å²) in [5.74, 6) is 0.388. The topological polar surface area (TPSA) is 92.7 Å².